The van der Waals surface area contributed by atoms with E-state index < -0.39 is 0 Å². The average Bonchev–Trinajstić information content (AvgIpc) is 2.63. The van der Waals surface area contributed by atoms with Gasteiger partial charge in [0.05, 0.1) is 10.0 Å². The lowest BCUT2D eigenvalue weighted by Crippen LogP contribution is -2.09. The zero-order chi connectivity index (χ0) is 19.6. The summed E-state index contributed by atoms with van der Waals surface area (Å²) in [6.07, 6.45) is 1.12. The van der Waals surface area contributed by atoms with Crippen molar-refractivity contribution in [1.29, 1.82) is 0 Å². The van der Waals surface area contributed by atoms with Gasteiger partial charge in [-0.15, -0.1) is 0 Å². The van der Waals surface area contributed by atoms with Crippen molar-refractivity contribution in [2.75, 3.05) is 0 Å². The van der Waals surface area contributed by atoms with Gasteiger partial charge in [-0.05, 0) is 78.3 Å². The molecule has 0 fully saturated rings. The first-order valence-electron chi connectivity index (χ1n) is 8.48. The maximum atomic E-state index is 14.6. The molecule has 0 N–H and O–H groups in total. The predicted octanol–water partition coefficient (Wildman–Crippen LogP) is 8.32. The molecule has 0 amide bonds. The van der Waals surface area contributed by atoms with E-state index in [1.165, 1.54) is 0 Å². The van der Waals surface area contributed by atoms with Gasteiger partial charge in [0, 0.05) is 10.0 Å². The molecule has 3 rings (SSSR count). The molecular weight excluding hydrogens is 425 g/mol. The Morgan fingerprint density at radius 1 is 0.815 bits per heavy atom. The van der Waals surface area contributed by atoms with Crippen LogP contribution in [-0.2, 0) is 12.8 Å². The van der Waals surface area contributed by atoms with Gasteiger partial charge in [0.15, 0.2) is 0 Å². The van der Waals surface area contributed by atoms with Gasteiger partial charge < -0.3 is 0 Å². The summed E-state index contributed by atoms with van der Waals surface area (Å²) < 4.78 is 14.6. The predicted molar refractivity (Wildman–Crippen MR) is 114 cm³/mol. The summed E-state index contributed by atoms with van der Waals surface area (Å²) in [5, 5.41) is 2.20. The fourth-order valence-electron chi connectivity index (χ4n) is 3.20. The van der Waals surface area contributed by atoms with Crippen LogP contribution in [0, 0.1) is 12.7 Å². The molecule has 5 heteroatoms. The molecule has 0 aliphatic rings. The Balaban J connectivity index is 2.01. The Labute approximate surface area is 178 Å². The minimum atomic E-state index is -0.185. The lowest BCUT2D eigenvalue weighted by molar-refractivity contribution is 0.580. The molecule has 0 radical (unpaired) electrons. The standard InChI is InChI=1S/C22H17Cl4F/c1-13-3-2-4-15(22(13)27)11-16(18-12-17(23)6-8-19(18)24)9-14-5-7-20(25)21(26)10-14/h2-8,10,12,16H,9,11H2,1H3. The van der Waals surface area contributed by atoms with Gasteiger partial charge >= 0.3 is 0 Å². The van der Waals surface area contributed by atoms with Crippen LogP contribution < -0.4 is 0 Å². The van der Waals surface area contributed by atoms with Crippen molar-refractivity contribution in [3.8, 4) is 0 Å². The number of halogens is 5. The van der Waals surface area contributed by atoms with E-state index in [0.29, 0.717) is 44.1 Å². The summed E-state index contributed by atoms with van der Waals surface area (Å²) in [4.78, 5) is 0. The second-order valence-corrected chi connectivity index (χ2v) is 8.23. The van der Waals surface area contributed by atoms with Gasteiger partial charge in [-0.3, -0.25) is 0 Å². The highest BCUT2D eigenvalue weighted by Crippen LogP contribution is 2.34. The van der Waals surface area contributed by atoms with Crippen molar-refractivity contribution in [2.45, 2.75) is 25.7 Å². The maximum Gasteiger partial charge on any atom is 0.129 e. The topological polar surface area (TPSA) is 0 Å². The van der Waals surface area contributed by atoms with Crippen LogP contribution in [0.4, 0.5) is 4.39 Å². The molecule has 1 atom stereocenters. The molecule has 0 heterocycles. The van der Waals surface area contributed by atoms with Crippen molar-refractivity contribution in [3.63, 3.8) is 0 Å². The van der Waals surface area contributed by atoms with E-state index >= 15 is 0 Å². The van der Waals surface area contributed by atoms with E-state index in [9.17, 15) is 4.39 Å². The summed E-state index contributed by atoms with van der Waals surface area (Å²) in [6.45, 7) is 1.76. The van der Waals surface area contributed by atoms with Crippen LogP contribution in [-0.4, -0.2) is 0 Å². The van der Waals surface area contributed by atoms with E-state index in [2.05, 4.69) is 0 Å². The Kier molecular flexibility index (Phi) is 6.70. The first-order chi connectivity index (χ1) is 12.8. The first-order valence-corrected chi connectivity index (χ1v) is 9.99. The van der Waals surface area contributed by atoms with E-state index in [-0.39, 0.29) is 11.7 Å². The molecule has 0 bridgehead atoms. The van der Waals surface area contributed by atoms with Crippen molar-refractivity contribution in [3.05, 3.63) is 103 Å². The highest BCUT2D eigenvalue weighted by atomic mass is 35.5. The number of rotatable bonds is 5. The van der Waals surface area contributed by atoms with Crippen LogP contribution in [0.25, 0.3) is 0 Å². The summed E-state index contributed by atoms with van der Waals surface area (Å²) in [5.74, 6) is -0.250. The maximum absolute atomic E-state index is 14.6. The first kappa shape index (κ1) is 20.5. The molecule has 0 spiro atoms. The molecule has 0 saturated heterocycles. The Morgan fingerprint density at radius 2 is 1.56 bits per heavy atom. The highest BCUT2D eigenvalue weighted by molar-refractivity contribution is 6.42. The van der Waals surface area contributed by atoms with Gasteiger partial charge in [-0.1, -0.05) is 70.7 Å². The number of aryl methyl sites for hydroxylation is 1. The summed E-state index contributed by atoms with van der Waals surface area (Å²) in [5.41, 5.74) is 3.16. The summed E-state index contributed by atoms with van der Waals surface area (Å²) >= 11 is 24.8. The average molecular weight is 442 g/mol. The Bertz CT molecular complexity index is 969. The third kappa shape index (κ3) is 4.97. The van der Waals surface area contributed by atoms with Gasteiger partial charge in [0.1, 0.15) is 5.82 Å². The van der Waals surface area contributed by atoms with Crippen molar-refractivity contribution in [2.24, 2.45) is 0 Å². The number of hydrogen-bond donors (Lipinski definition) is 0. The molecule has 0 aliphatic carbocycles. The van der Waals surface area contributed by atoms with E-state index in [4.69, 9.17) is 46.4 Å². The SMILES string of the molecule is Cc1cccc(CC(Cc2ccc(Cl)c(Cl)c2)c2cc(Cl)ccc2Cl)c1F. The van der Waals surface area contributed by atoms with E-state index in [1.807, 2.05) is 30.3 Å². The molecule has 0 nitrogen and oxygen atoms in total. The molecule has 3 aromatic carbocycles. The third-order valence-corrected chi connectivity index (χ3v) is 5.92. The second-order valence-electron chi connectivity index (χ2n) is 6.57. The third-order valence-electron chi connectivity index (χ3n) is 4.60. The van der Waals surface area contributed by atoms with Crippen LogP contribution in [0.5, 0.6) is 0 Å². The molecule has 0 aliphatic heterocycles. The van der Waals surface area contributed by atoms with E-state index in [1.54, 1.807) is 31.2 Å². The van der Waals surface area contributed by atoms with Crippen LogP contribution in [0.15, 0.2) is 54.6 Å². The molecule has 0 aromatic heterocycles. The monoisotopic (exact) mass is 440 g/mol. The van der Waals surface area contributed by atoms with Crippen molar-refractivity contribution < 1.29 is 4.39 Å². The van der Waals surface area contributed by atoms with Crippen LogP contribution >= 0.6 is 46.4 Å². The van der Waals surface area contributed by atoms with Crippen LogP contribution in [0.1, 0.15) is 28.2 Å². The van der Waals surface area contributed by atoms with Crippen molar-refractivity contribution in [1.82, 2.24) is 0 Å². The van der Waals surface area contributed by atoms with Crippen molar-refractivity contribution >= 4 is 46.4 Å². The van der Waals surface area contributed by atoms with Gasteiger partial charge in [0.25, 0.3) is 0 Å². The van der Waals surface area contributed by atoms with Gasteiger partial charge in [0.2, 0.25) is 0 Å². The van der Waals surface area contributed by atoms with Crippen LogP contribution in [0.2, 0.25) is 20.1 Å². The normalized spacial score (nSPS) is 12.2. The molecule has 3 aromatic rings. The fraction of sp³-hybridized carbons (Fsp3) is 0.182. The zero-order valence-corrected chi connectivity index (χ0v) is 17.6. The zero-order valence-electron chi connectivity index (χ0n) is 14.6. The number of benzene rings is 3. The van der Waals surface area contributed by atoms with E-state index in [0.717, 1.165) is 11.1 Å². The Morgan fingerprint density at radius 3 is 2.30 bits per heavy atom. The molecular formula is C22H17Cl4F. The fourth-order valence-corrected chi connectivity index (χ4v) is 3.98. The summed E-state index contributed by atoms with van der Waals surface area (Å²) in [6, 6.07) is 16.3. The minimum absolute atomic E-state index is 0.0651. The molecule has 0 saturated carbocycles. The highest BCUT2D eigenvalue weighted by Gasteiger charge is 2.19. The van der Waals surface area contributed by atoms with Gasteiger partial charge in [-0.2, -0.15) is 0 Å². The lowest BCUT2D eigenvalue weighted by atomic mass is 9.86. The lowest BCUT2D eigenvalue weighted by Gasteiger charge is -2.20. The summed E-state index contributed by atoms with van der Waals surface area (Å²) in [7, 11) is 0. The molecule has 27 heavy (non-hydrogen) atoms. The molecule has 1 unspecified atom stereocenters. The number of hydrogen-bond acceptors (Lipinski definition) is 0. The quantitative estimate of drug-likeness (QED) is 0.373. The largest absolute Gasteiger partial charge is 0.206 e. The second kappa shape index (κ2) is 8.84. The Hall–Kier alpha value is -1.25. The minimum Gasteiger partial charge on any atom is -0.206 e. The molecule has 140 valence electrons. The van der Waals surface area contributed by atoms with Crippen LogP contribution in [0.3, 0.4) is 0 Å². The van der Waals surface area contributed by atoms with Gasteiger partial charge in [-0.25, -0.2) is 4.39 Å². The smallest absolute Gasteiger partial charge is 0.129 e.